The molecule has 3 amide bonds. The van der Waals surface area contributed by atoms with Crippen molar-refractivity contribution in [3.8, 4) is 5.75 Å². The molecule has 172 valence electrons. The van der Waals surface area contributed by atoms with Crippen LogP contribution in [-0.4, -0.2) is 50.9 Å². The van der Waals surface area contributed by atoms with E-state index in [4.69, 9.17) is 0 Å². The number of carbonyl (C=O) groups excluding carboxylic acids is 3. The fraction of sp³-hybridized carbons (Fsp3) is 0.192. The maximum absolute atomic E-state index is 13.4. The van der Waals surface area contributed by atoms with E-state index in [9.17, 15) is 19.5 Å². The molecule has 3 aromatic rings. The predicted octanol–water partition coefficient (Wildman–Crippen LogP) is 2.87. The summed E-state index contributed by atoms with van der Waals surface area (Å²) >= 11 is 0. The van der Waals surface area contributed by atoms with Crippen molar-refractivity contribution in [2.45, 2.75) is 18.5 Å². The average Bonchev–Trinajstić information content (AvgIpc) is 3.43. The minimum Gasteiger partial charge on any atom is -0.508 e. The first-order chi connectivity index (χ1) is 16.4. The van der Waals surface area contributed by atoms with Gasteiger partial charge in [-0.1, -0.05) is 30.4 Å². The second-order valence-electron chi connectivity index (χ2n) is 8.60. The molecule has 8 nitrogen and oxygen atoms in total. The van der Waals surface area contributed by atoms with Crippen LogP contribution in [0.2, 0.25) is 0 Å². The van der Waals surface area contributed by atoms with Crippen LogP contribution >= 0.6 is 0 Å². The SMILES string of the molecule is Cn1cccc1C(=O)NC1CC2C(=O)Nc3ccc(C=Cc4ccc(O)cc4)cc3C(=O)N2C1. The molecule has 1 aromatic heterocycles. The van der Waals surface area contributed by atoms with Crippen LogP contribution < -0.4 is 10.6 Å². The van der Waals surface area contributed by atoms with Gasteiger partial charge in [-0.15, -0.1) is 0 Å². The molecule has 2 unspecified atom stereocenters. The zero-order valence-electron chi connectivity index (χ0n) is 18.6. The lowest BCUT2D eigenvalue weighted by atomic mass is 10.1. The Morgan fingerprint density at radius 2 is 1.82 bits per heavy atom. The van der Waals surface area contributed by atoms with E-state index >= 15 is 0 Å². The van der Waals surface area contributed by atoms with Gasteiger partial charge in [0.15, 0.2) is 0 Å². The number of aromatic nitrogens is 1. The topological polar surface area (TPSA) is 104 Å². The molecule has 3 N–H and O–H groups in total. The molecule has 0 radical (unpaired) electrons. The zero-order chi connectivity index (χ0) is 23.8. The predicted molar refractivity (Wildman–Crippen MR) is 128 cm³/mol. The first-order valence-corrected chi connectivity index (χ1v) is 11.0. The molecule has 0 aliphatic carbocycles. The third kappa shape index (κ3) is 4.05. The van der Waals surface area contributed by atoms with Crippen molar-refractivity contribution in [2.24, 2.45) is 7.05 Å². The number of benzene rings is 2. The van der Waals surface area contributed by atoms with E-state index in [0.29, 0.717) is 23.4 Å². The molecule has 0 saturated carbocycles. The normalized spacial score (nSPS) is 19.5. The van der Waals surface area contributed by atoms with E-state index in [1.54, 1.807) is 71.2 Å². The van der Waals surface area contributed by atoms with Crippen molar-refractivity contribution >= 4 is 35.6 Å². The number of rotatable bonds is 4. The highest BCUT2D eigenvalue weighted by Gasteiger charge is 2.43. The standard InChI is InChI=1S/C26H24N4O4/c1-29-12-2-3-22(29)24(32)27-18-14-23-25(33)28-21-11-8-17(13-20(21)26(34)30(23)15-18)5-4-16-6-9-19(31)10-7-16/h2-13,18,23,31H,14-15H2,1H3,(H,27,32)(H,28,33). The number of nitrogens with one attached hydrogen (secondary N) is 2. The van der Waals surface area contributed by atoms with Gasteiger partial charge in [-0.2, -0.15) is 0 Å². The Morgan fingerprint density at radius 3 is 2.56 bits per heavy atom. The molecule has 0 spiro atoms. The van der Waals surface area contributed by atoms with Gasteiger partial charge >= 0.3 is 0 Å². The molecule has 2 atom stereocenters. The number of fused-ring (bicyclic) bond motifs is 2. The Labute approximate surface area is 196 Å². The highest BCUT2D eigenvalue weighted by molar-refractivity contribution is 6.10. The minimum absolute atomic E-state index is 0.196. The quantitative estimate of drug-likeness (QED) is 0.525. The summed E-state index contributed by atoms with van der Waals surface area (Å²) in [5.41, 5.74) is 3.13. The number of anilines is 1. The highest BCUT2D eigenvalue weighted by atomic mass is 16.3. The van der Waals surface area contributed by atoms with Crippen molar-refractivity contribution < 1.29 is 19.5 Å². The second-order valence-corrected chi connectivity index (χ2v) is 8.60. The molecule has 34 heavy (non-hydrogen) atoms. The van der Waals surface area contributed by atoms with Crippen LogP contribution in [0.1, 0.15) is 38.4 Å². The van der Waals surface area contributed by atoms with Crippen molar-refractivity contribution in [3.05, 3.63) is 83.2 Å². The third-order valence-electron chi connectivity index (χ3n) is 6.27. The molecule has 2 aliphatic heterocycles. The molecule has 1 fully saturated rings. The Balaban J connectivity index is 1.35. The maximum Gasteiger partial charge on any atom is 0.268 e. The van der Waals surface area contributed by atoms with Crippen LogP contribution in [0.4, 0.5) is 5.69 Å². The first kappa shape index (κ1) is 21.5. The fourth-order valence-electron chi connectivity index (χ4n) is 4.47. The molecular weight excluding hydrogens is 432 g/mol. The lowest BCUT2D eigenvalue weighted by Gasteiger charge is -2.20. The van der Waals surface area contributed by atoms with Crippen LogP contribution in [0, 0.1) is 0 Å². The number of phenols is 1. The largest absolute Gasteiger partial charge is 0.508 e. The smallest absolute Gasteiger partial charge is 0.268 e. The van der Waals surface area contributed by atoms with Gasteiger partial charge in [-0.25, -0.2) is 0 Å². The number of hydrogen-bond donors (Lipinski definition) is 3. The summed E-state index contributed by atoms with van der Waals surface area (Å²) in [6.07, 6.45) is 5.90. The Bertz CT molecular complexity index is 1310. The van der Waals surface area contributed by atoms with Crippen molar-refractivity contribution in [3.63, 3.8) is 0 Å². The van der Waals surface area contributed by atoms with E-state index in [1.165, 1.54) is 0 Å². The Morgan fingerprint density at radius 1 is 1.09 bits per heavy atom. The maximum atomic E-state index is 13.4. The molecule has 1 saturated heterocycles. The van der Waals surface area contributed by atoms with Gasteiger partial charge in [0, 0.05) is 25.8 Å². The van der Waals surface area contributed by atoms with E-state index < -0.39 is 6.04 Å². The van der Waals surface area contributed by atoms with Gasteiger partial charge in [-0.05, 0) is 53.9 Å². The minimum atomic E-state index is -0.644. The molecule has 5 rings (SSSR count). The molecular formula is C26H24N4O4. The van der Waals surface area contributed by atoms with Crippen molar-refractivity contribution in [2.75, 3.05) is 11.9 Å². The summed E-state index contributed by atoms with van der Waals surface area (Å²) in [6, 6.07) is 14.7. The molecule has 3 heterocycles. The highest BCUT2D eigenvalue weighted by Crippen LogP contribution is 2.30. The monoisotopic (exact) mass is 456 g/mol. The summed E-state index contributed by atoms with van der Waals surface area (Å²) in [5.74, 6) is -0.532. The number of aryl methyl sites for hydroxylation is 1. The summed E-state index contributed by atoms with van der Waals surface area (Å²) in [6.45, 7) is 0.264. The van der Waals surface area contributed by atoms with Gasteiger partial charge in [0.1, 0.15) is 17.5 Å². The number of hydrogen-bond acceptors (Lipinski definition) is 4. The summed E-state index contributed by atoms with van der Waals surface area (Å²) in [7, 11) is 1.79. The first-order valence-electron chi connectivity index (χ1n) is 11.0. The zero-order valence-corrected chi connectivity index (χ0v) is 18.6. The summed E-state index contributed by atoms with van der Waals surface area (Å²) in [5, 5.41) is 15.3. The van der Waals surface area contributed by atoms with Gasteiger partial charge in [0.25, 0.3) is 11.8 Å². The van der Waals surface area contributed by atoms with Gasteiger partial charge in [0.05, 0.1) is 11.3 Å². The Hall–Kier alpha value is -4.33. The number of aromatic hydroxyl groups is 1. The molecule has 8 heteroatoms. The fourth-order valence-corrected chi connectivity index (χ4v) is 4.47. The van der Waals surface area contributed by atoms with Crippen LogP contribution in [0.5, 0.6) is 5.75 Å². The summed E-state index contributed by atoms with van der Waals surface area (Å²) < 4.78 is 1.73. The number of carbonyl (C=O) groups is 3. The van der Waals surface area contributed by atoms with Crippen molar-refractivity contribution in [1.29, 1.82) is 0 Å². The van der Waals surface area contributed by atoms with Crippen molar-refractivity contribution in [1.82, 2.24) is 14.8 Å². The van der Waals surface area contributed by atoms with Crippen LogP contribution in [-0.2, 0) is 11.8 Å². The van der Waals surface area contributed by atoms with E-state index in [1.807, 2.05) is 18.2 Å². The number of phenolic OH excluding ortho intramolecular Hbond substituents is 1. The molecule has 0 bridgehead atoms. The van der Waals surface area contributed by atoms with E-state index in [0.717, 1.165) is 11.1 Å². The number of amides is 3. The number of nitrogens with zero attached hydrogens (tertiary/aromatic N) is 2. The van der Waals surface area contributed by atoms with E-state index in [2.05, 4.69) is 10.6 Å². The van der Waals surface area contributed by atoms with Crippen LogP contribution in [0.15, 0.2) is 60.8 Å². The second kappa shape index (κ2) is 8.55. The lowest BCUT2D eigenvalue weighted by Crippen LogP contribution is -2.41. The van der Waals surface area contributed by atoms with Crippen LogP contribution in [0.25, 0.3) is 12.2 Å². The molecule has 2 aliphatic rings. The molecule has 2 aromatic carbocycles. The van der Waals surface area contributed by atoms with Gasteiger partial charge < -0.3 is 25.2 Å². The lowest BCUT2D eigenvalue weighted by molar-refractivity contribution is -0.119. The summed E-state index contributed by atoms with van der Waals surface area (Å²) in [4.78, 5) is 40.5. The average molecular weight is 457 g/mol. The third-order valence-corrected chi connectivity index (χ3v) is 6.27. The van der Waals surface area contributed by atoms with Gasteiger partial charge in [0.2, 0.25) is 5.91 Å². The van der Waals surface area contributed by atoms with E-state index in [-0.39, 0.29) is 36.1 Å². The van der Waals surface area contributed by atoms with Crippen LogP contribution in [0.3, 0.4) is 0 Å². The van der Waals surface area contributed by atoms with Gasteiger partial charge in [-0.3, -0.25) is 14.4 Å². The Kier molecular flexibility index (Phi) is 5.41.